The number of anilines is 1. The number of rotatable bonds is 4. The zero-order valence-corrected chi connectivity index (χ0v) is 14.2. The van der Waals surface area contributed by atoms with Crippen molar-refractivity contribution in [3.8, 4) is 0 Å². The summed E-state index contributed by atoms with van der Waals surface area (Å²) < 4.78 is 2.11. The lowest BCUT2D eigenvalue weighted by Gasteiger charge is -2.25. The van der Waals surface area contributed by atoms with Gasteiger partial charge in [0.1, 0.15) is 6.33 Å². The molecule has 2 atom stereocenters. The third kappa shape index (κ3) is 2.65. The number of fused-ring (bicyclic) bond motifs is 1. The van der Waals surface area contributed by atoms with Crippen LogP contribution in [-0.2, 0) is 11.2 Å². The molecule has 1 fully saturated rings. The Morgan fingerprint density at radius 1 is 1.35 bits per heavy atom. The lowest BCUT2D eigenvalue weighted by Crippen LogP contribution is -2.40. The average Bonchev–Trinajstić information content (AvgIpc) is 3.19. The minimum Gasteiger partial charge on any atom is -0.308 e. The number of para-hydroxylation sites is 1. The number of carbonyl (C=O) groups excluding carboxylic acids is 1. The predicted octanol–water partition coefficient (Wildman–Crippen LogP) is 3.07. The van der Waals surface area contributed by atoms with Gasteiger partial charge in [0.25, 0.3) is 0 Å². The SMILES string of the molecule is CC(Sc1nncn1C1CC1)C(=O)N1c2ccccc2CC1C. The Morgan fingerprint density at radius 2 is 2.13 bits per heavy atom. The highest BCUT2D eigenvalue weighted by Crippen LogP contribution is 2.39. The molecular formula is C17H20N4OS. The van der Waals surface area contributed by atoms with Crippen molar-refractivity contribution >= 4 is 23.4 Å². The van der Waals surface area contributed by atoms with E-state index in [0.717, 1.165) is 17.3 Å². The molecule has 2 unspecified atom stereocenters. The van der Waals surface area contributed by atoms with Gasteiger partial charge in [-0.2, -0.15) is 0 Å². The number of carbonyl (C=O) groups is 1. The summed E-state index contributed by atoms with van der Waals surface area (Å²) >= 11 is 1.51. The maximum absolute atomic E-state index is 13.0. The lowest BCUT2D eigenvalue weighted by atomic mass is 10.1. The van der Waals surface area contributed by atoms with Crippen molar-refractivity contribution in [3.63, 3.8) is 0 Å². The molecule has 2 aromatic rings. The van der Waals surface area contributed by atoms with Gasteiger partial charge in [0, 0.05) is 17.8 Å². The molecule has 1 aromatic heterocycles. The first-order valence-electron chi connectivity index (χ1n) is 8.12. The Morgan fingerprint density at radius 3 is 2.91 bits per heavy atom. The van der Waals surface area contributed by atoms with Crippen molar-refractivity contribution in [2.75, 3.05) is 4.90 Å². The van der Waals surface area contributed by atoms with Gasteiger partial charge in [0.05, 0.1) is 5.25 Å². The second-order valence-electron chi connectivity index (χ2n) is 6.40. The molecular weight excluding hydrogens is 308 g/mol. The third-order valence-electron chi connectivity index (χ3n) is 4.56. The van der Waals surface area contributed by atoms with Crippen LogP contribution in [0.25, 0.3) is 0 Å². The number of thioether (sulfide) groups is 1. The molecule has 0 bridgehead atoms. The van der Waals surface area contributed by atoms with Gasteiger partial charge in [-0.15, -0.1) is 10.2 Å². The zero-order valence-electron chi connectivity index (χ0n) is 13.3. The van der Waals surface area contributed by atoms with Gasteiger partial charge in [0.15, 0.2) is 5.16 Å². The van der Waals surface area contributed by atoms with Crippen LogP contribution in [0.1, 0.15) is 38.3 Å². The molecule has 0 N–H and O–H groups in total. The van der Waals surface area contributed by atoms with Gasteiger partial charge < -0.3 is 9.47 Å². The smallest absolute Gasteiger partial charge is 0.240 e. The molecule has 0 spiro atoms. The van der Waals surface area contributed by atoms with Crippen LogP contribution in [0.4, 0.5) is 5.69 Å². The monoisotopic (exact) mass is 328 g/mol. The van der Waals surface area contributed by atoms with Crippen LogP contribution < -0.4 is 4.90 Å². The van der Waals surface area contributed by atoms with Crippen molar-refractivity contribution in [1.82, 2.24) is 14.8 Å². The molecule has 2 aliphatic rings. The summed E-state index contributed by atoms with van der Waals surface area (Å²) in [6, 6.07) is 8.93. The highest BCUT2D eigenvalue weighted by atomic mass is 32.2. The molecule has 0 radical (unpaired) electrons. The zero-order chi connectivity index (χ0) is 16.0. The largest absolute Gasteiger partial charge is 0.308 e. The van der Waals surface area contributed by atoms with Gasteiger partial charge in [0.2, 0.25) is 5.91 Å². The van der Waals surface area contributed by atoms with Crippen LogP contribution in [0.2, 0.25) is 0 Å². The summed E-state index contributed by atoms with van der Waals surface area (Å²) in [5, 5.41) is 8.89. The first kappa shape index (κ1) is 14.8. The van der Waals surface area contributed by atoms with Crippen LogP contribution >= 0.6 is 11.8 Å². The van der Waals surface area contributed by atoms with Gasteiger partial charge in [-0.1, -0.05) is 30.0 Å². The number of hydrogen-bond acceptors (Lipinski definition) is 4. The fourth-order valence-electron chi connectivity index (χ4n) is 3.23. The molecule has 1 aliphatic heterocycles. The van der Waals surface area contributed by atoms with Crippen molar-refractivity contribution in [3.05, 3.63) is 36.2 Å². The molecule has 23 heavy (non-hydrogen) atoms. The van der Waals surface area contributed by atoms with E-state index in [0.29, 0.717) is 6.04 Å². The second kappa shape index (κ2) is 5.67. The van der Waals surface area contributed by atoms with Gasteiger partial charge >= 0.3 is 0 Å². The highest BCUT2D eigenvalue weighted by Gasteiger charge is 2.34. The van der Waals surface area contributed by atoms with E-state index < -0.39 is 0 Å². The van der Waals surface area contributed by atoms with E-state index in [1.54, 1.807) is 6.33 Å². The molecule has 2 heterocycles. The van der Waals surface area contributed by atoms with Crippen molar-refractivity contribution < 1.29 is 4.79 Å². The van der Waals surface area contributed by atoms with Crippen LogP contribution in [0, 0.1) is 0 Å². The van der Waals surface area contributed by atoms with E-state index in [4.69, 9.17) is 0 Å². The molecule has 0 saturated heterocycles. The first-order valence-corrected chi connectivity index (χ1v) is 9.00. The van der Waals surface area contributed by atoms with E-state index in [2.05, 4.69) is 27.8 Å². The average molecular weight is 328 g/mol. The number of nitrogens with zero attached hydrogens (tertiary/aromatic N) is 4. The lowest BCUT2D eigenvalue weighted by molar-refractivity contribution is -0.118. The first-order chi connectivity index (χ1) is 11.1. The number of hydrogen-bond donors (Lipinski definition) is 0. The second-order valence-corrected chi connectivity index (χ2v) is 7.71. The van der Waals surface area contributed by atoms with Crippen molar-refractivity contribution in [2.45, 2.75) is 55.6 Å². The standard InChI is InChI=1S/C17H20N4OS/c1-11-9-13-5-3-4-6-15(13)21(11)16(22)12(2)23-17-19-18-10-20(17)14-7-8-14/h3-6,10-12,14H,7-9H2,1-2H3. The Kier molecular flexibility index (Phi) is 3.64. The summed E-state index contributed by atoms with van der Waals surface area (Å²) in [5.74, 6) is 0.151. The molecule has 1 aliphatic carbocycles. The molecule has 1 aromatic carbocycles. The molecule has 120 valence electrons. The molecule has 5 nitrogen and oxygen atoms in total. The fraction of sp³-hybridized carbons (Fsp3) is 0.471. The summed E-state index contributed by atoms with van der Waals surface area (Å²) in [6.07, 6.45) is 5.08. The summed E-state index contributed by atoms with van der Waals surface area (Å²) in [6.45, 7) is 4.08. The van der Waals surface area contributed by atoms with Crippen molar-refractivity contribution in [2.24, 2.45) is 0 Å². The van der Waals surface area contributed by atoms with E-state index in [-0.39, 0.29) is 17.2 Å². The van der Waals surface area contributed by atoms with Crippen LogP contribution in [-0.4, -0.2) is 32.0 Å². The minimum absolute atomic E-state index is 0.151. The summed E-state index contributed by atoms with van der Waals surface area (Å²) in [5.41, 5.74) is 2.31. The van der Waals surface area contributed by atoms with Crippen LogP contribution in [0.5, 0.6) is 0 Å². The maximum atomic E-state index is 13.0. The Hall–Kier alpha value is -1.82. The van der Waals surface area contributed by atoms with E-state index in [9.17, 15) is 4.79 Å². The summed E-state index contributed by atoms with van der Waals surface area (Å²) in [7, 11) is 0. The third-order valence-corrected chi connectivity index (χ3v) is 5.61. The van der Waals surface area contributed by atoms with Gasteiger partial charge in [-0.3, -0.25) is 4.79 Å². The summed E-state index contributed by atoms with van der Waals surface area (Å²) in [4.78, 5) is 14.9. The minimum atomic E-state index is -0.176. The molecule has 1 amide bonds. The number of aromatic nitrogens is 3. The number of amides is 1. The molecule has 6 heteroatoms. The normalized spacial score (nSPS) is 21.3. The van der Waals surface area contributed by atoms with E-state index >= 15 is 0 Å². The Bertz CT molecular complexity index is 740. The Balaban J connectivity index is 1.53. The van der Waals surface area contributed by atoms with Gasteiger partial charge in [-0.05, 0) is 44.7 Å². The highest BCUT2D eigenvalue weighted by molar-refractivity contribution is 8.00. The van der Waals surface area contributed by atoms with Gasteiger partial charge in [-0.25, -0.2) is 0 Å². The quantitative estimate of drug-likeness (QED) is 0.810. The van der Waals surface area contributed by atoms with E-state index in [1.165, 1.54) is 30.2 Å². The van der Waals surface area contributed by atoms with Crippen LogP contribution in [0.15, 0.2) is 35.7 Å². The predicted molar refractivity (Wildman–Crippen MR) is 90.7 cm³/mol. The molecule has 1 saturated carbocycles. The van der Waals surface area contributed by atoms with Crippen LogP contribution in [0.3, 0.4) is 0 Å². The van der Waals surface area contributed by atoms with E-state index in [1.807, 2.05) is 30.0 Å². The fourth-order valence-corrected chi connectivity index (χ4v) is 4.17. The molecule has 4 rings (SSSR count). The maximum Gasteiger partial charge on any atom is 0.240 e. The number of benzene rings is 1. The Labute approximate surface area is 140 Å². The topological polar surface area (TPSA) is 51.0 Å². The van der Waals surface area contributed by atoms with Crippen molar-refractivity contribution in [1.29, 1.82) is 0 Å².